The Hall–Kier alpha value is -4.14. The highest BCUT2D eigenvalue weighted by molar-refractivity contribution is 6.08. The lowest BCUT2D eigenvalue weighted by Gasteiger charge is -2.32. The van der Waals surface area contributed by atoms with E-state index in [1.807, 2.05) is 6.92 Å². The Kier molecular flexibility index (Phi) is 8.78. The lowest BCUT2D eigenvalue weighted by Crippen LogP contribution is -2.46. The van der Waals surface area contributed by atoms with Gasteiger partial charge in [-0.25, -0.2) is 0 Å². The van der Waals surface area contributed by atoms with Crippen LogP contribution in [-0.4, -0.2) is 45.8 Å². The van der Waals surface area contributed by atoms with Crippen molar-refractivity contribution in [3.8, 4) is 23.0 Å². The third kappa shape index (κ3) is 5.72. The minimum Gasteiger partial charge on any atom is -0.494 e. The summed E-state index contributed by atoms with van der Waals surface area (Å²) in [6, 6.07) is 12.6. The number of carbonyl (C=O) groups is 2. The molecule has 0 saturated heterocycles. The van der Waals surface area contributed by atoms with Crippen LogP contribution < -0.4 is 29.2 Å². The van der Waals surface area contributed by atoms with Gasteiger partial charge in [-0.1, -0.05) is 12.8 Å². The maximum absolute atomic E-state index is 14.0. The molecule has 1 aliphatic rings. The molecule has 2 amide bonds. The summed E-state index contributed by atoms with van der Waals surface area (Å²) in [5.74, 6) is 1.10. The fourth-order valence-corrected chi connectivity index (χ4v) is 4.80. The van der Waals surface area contributed by atoms with E-state index in [0.29, 0.717) is 40.9 Å². The summed E-state index contributed by atoms with van der Waals surface area (Å²) in [4.78, 5) is 29.4. The van der Waals surface area contributed by atoms with Crippen LogP contribution in [0.15, 0.2) is 59.2 Å². The van der Waals surface area contributed by atoms with Crippen LogP contribution in [0.3, 0.4) is 0 Å². The zero-order chi connectivity index (χ0) is 27.1. The standard InChI is InChI=1S/C29H34N2O7/c1-5-37-22-14-12-21(13-15-22)31(29(33)23-11-8-16-38-23)26(28(32)30-20-9-6-7-10-20)19-17-24(34-2)27(36-4)25(18-19)35-3/h8,11-18,20,26H,5-7,9-10H2,1-4H3,(H,30,32). The average molecular weight is 523 g/mol. The number of hydrogen-bond donors (Lipinski definition) is 1. The van der Waals surface area contributed by atoms with Gasteiger partial charge in [-0.15, -0.1) is 0 Å². The van der Waals surface area contributed by atoms with E-state index in [9.17, 15) is 9.59 Å². The first kappa shape index (κ1) is 26.9. The third-order valence-electron chi connectivity index (χ3n) is 6.59. The maximum Gasteiger partial charge on any atom is 0.294 e. The van der Waals surface area contributed by atoms with E-state index in [-0.39, 0.29) is 17.7 Å². The van der Waals surface area contributed by atoms with Crippen LogP contribution >= 0.6 is 0 Å². The Morgan fingerprint density at radius 2 is 1.66 bits per heavy atom. The van der Waals surface area contributed by atoms with E-state index < -0.39 is 11.9 Å². The largest absolute Gasteiger partial charge is 0.494 e. The lowest BCUT2D eigenvalue weighted by atomic mass is 10.0. The van der Waals surface area contributed by atoms with Crippen molar-refractivity contribution in [2.45, 2.75) is 44.7 Å². The molecule has 0 spiro atoms. The smallest absolute Gasteiger partial charge is 0.294 e. The normalized spacial score (nSPS) is 14.0. The number of ether oxygens (including phenoxy) is 4. The summed E-state index contributed by atoms with van der Waals surface area (Å²) in [5, 5.41) is 3.16. The fourth-order valence-electron chi connectivity index (χ4n) is 4.80. The second-order valence-electron chi connectivity index (χ2n) is 8.93. The van der Waals surface area contributed by atoms with E-state index in [2.05, 4.69) is 5.32 Å². The molecule has 1 N–H and O–H groups in total. The Balaban J connectivity index is 1.88. The Bertz CT molecular complexity index is 1190. The van der Waals surface area contributed by atoms with Crippen molar-refractivity contribution in [2.75, 3.05) is 32.8 Å². The monoisotopic (exact) mass is 522 g/mol. The second-order valence-corrected chi connectivity index (χ2v) is 8.93. The zero-order valence-corrected chi connectivity index (χ0v) is 22.2. The summed E-state index contributed by atoms with van der Waals surface area (Å²) in [6.45, 7) is 2.40. The lowest BCUT2D eigenvalue weighted by molar-refractivity contribution is -0.123. The minimum absolute atomic E-state index is 0.0351. The summed E-state index contributed by atoms with van der Waals surface area (Å²) in [6.07, 6.45) is 5.31. The van der Waals surface area contributed by atoms with Crippen molar-refractivity contribution in [2.24, 2.45) is 0 Å². The molecular weight excluding hydrogens is 488 g/mol. The number of furan rings is 1. The fraction of sp³-hybridized carbons (Fsp3) is 0.379. The highest BCUT2D eigenvalue weighted by atomic mass is 16.5. The van der Waals surface area contributed by atoms with Gasteiger partial charge in [0.15, 0.2) is 17.3 Å². The summed E-state index contributed by atoms with van der Waals surface area (Å²) in [7, 11) is 4.52. The number of nitrogens with zero attached hydrogens (tertiary/aromatic N) is 1. The van der Waals surface area contributed by atoms with Crippen molar-refractivity contribution >= 4 is 17.5 Å². The van der Waals surface area contributed by atoms with Gasteiger partial charge in [0.25, 0.3) is 5.91 Å². The molecule has 0 aliphatic heterocycles. The molecule has 202 valence electrons. The molecule has 1 atom stereocenters. The molecule has 1 aromatic heterocycles. The first-order chi connectivity index (χ1) is 18.5. The summed E-state index contributed by atoms with van der Waals surface area (Å²) >= 11 is 0. The molecule has 0 bridgehead atoms. The van der Waals surface area contributed by atoms with E-state index in [1.165, 1.54) is 32.5 Å². The molecule has 1 aliphatic carbocycles. The molecule has 4 rings (SSSR count). The van der Waals surface area contributed by atoms with Gasteiger partial charge in [-0.3, -0.25) is 14.5 Å². The summed E-state index contributed by atoms with van der Waals surface area (Å²) in [5.41, 5.74) is 0.985. The highest BCUT2D eigenvalue weighted by Crippen LogP contribution is 2.42. The van der Waals surface area contributed by atoms with Gasteiger partial charge < -0.3 is 28.7 Å². The molecule has 9 nitrogen and oxygen atoms in total. The SMILES string of the molecule is CCOc1ccc(N(C(=O)c2ccco2)C(C(=O)NC2CCCC2)c2cc(OC)c(OC)c(OC)c2)cc1. The Morgan fingerprint density at radius 3 is 2.18 bits per heavy atom. The van der Waals surface area contributed by atoms with Gasteiger partial charge in [-0.2, -0.15) is 0 Å². The number of carbonyl (C=O) groups excluding carboxylic acids is 2. The molecule has 1 unspecified atom stereocenters. The highest BCUT2D eigenvalue weighted by Gasteiger charge is 2.37. The summed E-state index contributed by atoms with van der Waals surface area (Å²) < 4.78 is 27.7. The van der Waals surface area contributed by atoms with Crippen LogP contribution in [0.1, 0.15) is 54.8 Å². The quantitative estimate of drug-likeness (QED) is 0.372. The van der Waals surface area contributed by atoms with Crippen LogP contribution in [0, 0.1) is 0 Å². The van der Waals surface area contributed by atoms with Gasteiger partial charge in [-0.05, 0) is 73.9 Å². The predicted octanol–water partition coefficient (Wildman–Crippen LogP) is 5.15. The van der Waals surface area contributed by atoms with Crippen molar-refractivity contribution < 1.29 is 33.0 Å². The predicted molar refractivity (Wildman–Crippen MR) is 142 cm³/mol. The number of amides is 2. The first-order valence-corrected chi connectivity index (χ1v) is 12.7. The van der Waals surface area contributed by atoms with E-state index in [1.54, 1.807) is 48.5 Å². The van der Waals surface area contributed by atoms with Gasteiger partial charge in [0.1, 0.15) is 11.8 Å². The van der Waals surface area contributed by atoms with E-state index in [4.69, 9.17) is 23.4 Å². The van der Waals surface area contributed by atoms with Gasteiger partial charge in [0.05, 0.1) is 34.2 Å². The van der Waals surface area contributed by atoms with Crippen molar-refractivity contribution in [1.82, 2.24) is 5.32 Å². The van der Waals surface area contributed by atoms with Crippen molar-refractivity contribution in [1.29, 1.82) is 0 Å². The number of rotatable bonds is 11. The molecule has 1 saturated carbocycles. The zero-order valence-electron chi connectivity index (χ0n) is 22.2. The number of hydrogen-bond acceptors (Lipinski definition) is 7. The first-order valence-electron chi connectivity index (χ1n) is 12.7. The molecule has 9 heteroatoms. The van der Waals surface area contributed by atoms with E-state index in [0.717, 1.165) is 25.7 Å². The number of benzene rings is 2. The van der Waals surface area contributed by atoms with Crippen molar-refractivity contribution in [3.63, 3.8) is 0 Å². The van der Waals surface area contributed by atoms with Crippen LogP contribution in [0.4, 0.5) is 5.69 Å². The number of anilines is 1. The third-order valence-corrected chi connectivity index (χ3v) is 6.59. The van der Waals surface area contributed by atoms with Gasteiger partial charge in [0, 0.05) is 11.7 Å². The van der Waals surface area contributed by atoms with Gasteiger partial charge >= 0.3 is 0 Å². The molecule has 2 aromatic carbocycles. The molecule has 3 aromatic rings. The van der Waals surface area contributed by atoms with E-state index >= 15 is 0 Å². The van der Waals surface area contributed by atoms with Crippen LogP contribution in [0.25, 0.3) is 0 Å². The van der Waals surface area contributed by atoms with Gasteiger partial charge in [0.2, 0.25) is 11.7 Å². The molecule has 0 radical (unpaired) electrons. The average Bonchev–Trinajstić information content (AvgIpc) is 3.66. The molecule has 1 heterocycles. The van der Waals surface area contributed by atoms with Crippen molar-refractivity contribution in [3.05, 3.63) is 66.1 Å². The van der Waals surface area contributed by atoms with Crippen LogP contribution in [0.2, 0.25) is 0 Å². The Morgan fingerprint density at radius 1 is 1.00 bits per heavy atom. The molecule has 1 fully saturated rings. The second kappa shape index (κ2) is 12.4. The molecular formula is C29H34N2O7. The van der Waals surface area contributed by atoms with Crippen LogP contribution in [-0.2, 0) is 4.79 Å². The topological polar surface area (TPSA) is 99.5 Å². The molecule has 38 heavy (non-hydrogen) atoms. The number of methoxy groups -OCH3 is 3. The minimum atomic E-state index is -1.07. The maximum atomic E-state index is 14.0. The Labute approximate surface area is 222 Å². The van der Waals surface area contributed by atoms with Crippen LogP contribution in [0.5, 0.6) is 23.0 Å². The number of nitrogens with one attached hydrogen (secondary N) is 1.